The minimum absolute atomic E-state index is 0.0898. The van der Waals surface area contributed by atoms with Crippen LogP contribution in [-0.4, -0.2) is 21.3 Å². The Labute approximate surface area is 121 Å². The van der Waals surface area contributed by atoms with Gasteiger partial charge in [0, 0.05) is 10.7 Å². The molecule has 0 fully saturated rings. The maximum absolute atomic E-state index is 11.1. The summed E-state index contributed by atoms with van der Waals surface area (Å²) in [6.07, 6.45) is 0. The summed E-state index contributed by atoms with van der Waals surface area (Å²) < 4.78 is 5.61. The van der Waals surface area contributed by atoms with E-state index in [9.17, 15) is 4.79 Å². The summed E-state index contributed by atoms with van der Waals surface area (Å²) in [5.74, 6) is -0.375. The molecule has 0 unspecified atom stereocenters. The molecule has 5 nitrogen and oxygen atoms in total. The van der Waals surface area contributed by atoms with Crippen LogP contribution in [-0.2, 0) is 6.61 Å². The number of aromatic carboxylic acids is 1. The number of nitrogens with zero attached hydrogens (tertiary/aromatic N) is 1. The zero-order valence-corrected chi connectivity index (χ0v) is 12.2. The van der Waals surface area contributed by atoms with Crippen LogP contribution < -0.4 is 4.74 Å². The van der Waals surface area contributed by atoms with Crippen molar-refractivity contribution in [2.45, 2.75) is 27.4 Å². The molecular formula is C14H15ClN2O3. The molecule has 0 saturated carbocycles. The predicted molar refractivity (Wildman–Crippen MR) is 75.5 cm³/mol. The van der Waals surface area contributed by atoms with Gasteiger partial charge >= 0.3 is 5.97 Å². The Balaban J connectivity index is 2.19. The van der Waals surface area contributed by atoms with E-state index >= 15 is 0 Å². The lowest BCUT2D eigenvalue weighted by Crippen LogP contribution is -2.05. The largest absolute Gasteiger partial charge is 0.487 e. The van der Waals surface area contributed by atoms with E-state index in [0.29, 0.717) is 22.2 Å². The van der Waals surface area contributed by atoms with Crippen LogP contribution in [0.5, 0.6) is 5.75 Å². The lowest BCUT2D eigenvalue weighted by Gasteiger charge is -2.09. The first-order chi connectivity index (χ1) is 9.40. The second kappa shape index (κ2) is 5.54. The molecule has 1 heterocycles. The van der Waals surface area contributed by atoms with E-state index in [2.05, 4.69) is 10.2 Å². The zero-order chi connectivity index (χ0) is 14.9. The Morgan fingerprint density at radius 2 is 1.95 bits per heavy atom. The molecule has 0 atom stereocenters. The average molecular weight is 295 g/mol. The van der Waals surface area contributed by atoms with E-state index < -0.39 is 5.97 Å². The molecule has 0 spiro atoms. The molecular weight excluding hydrogens is 280 g/mol. The summed E-state index contributed by atoms with van der Waals surface area (Å²) in [5.41, 5.74) is 2.88. The molecule has 106 valence electrons. The van der Waals surface area contributed by atoms with E-state index in [1.807, 2.05) is 26.0 Å². The van der Waals surface area contributed by atoms with Gasteiger partial charge < -0.3 is 9.84 Å². The number of hydrogen-bond acceptors (Lipinski definition) is 3. The highest BCUT2D eigenvalue weighted by molar-refractivity contribution is 6.32. The van der Waals surface area contributed by atoms with Crippen LogP contribution in [0.1, 0.15) is 32.9 Å². The monoisotopic (exact) mass is 294 g/mol. The van der Waals surface area contributed by atoms with Crippen molar-refractivity contribution in [2.75, 3.05) is 0 Å². The zero-order valence-electron chi connectivity index (χ0n) is 11.5. The second-order valence-electron chi connectivity index (χ2n) is 4.64. The van der Waals surface area contributed by atoms with Crippen molar-refractivity contribution in [2.24, 2.45) is 0 Å². The van der Waals surface area contributed by atoms with Crippen LogP contribution in [0.2, 0.25) is 5.02 Å². The lowest BCUT2D eigenvalue weighted by atomic mass is 10.1. The average Bonchev–Trinajstić information content (AvgIpc) is 2.74. The molecule has 2 N–H and O–H groups in total. The molecule has 2 rings (SSSR count). The maximum atomic E-state index is 11.1. The third-order valence-electron chi connectivity index (χ3n) is 3.02. The van der Waals surface area contributed by atoms with Gasteiger partial charge in [-0.05, 0) is 44.0 Å². The van der Waals surface area contributed by atoms with Crippen molar-refractivity contribution in [1.29, 1.82) is 0 Å². The molecule has 0 aliphatic heterocycles. The molecule has 0 amide bonds. The highest BCUT2D eigenvalue weighted by atomic mass is 35.5. The Bertz CT molecular complexity index is 641. The first-order valence-corrected chi connectivity index (χ1v) is 6.44. The smallest absolute Gasteiger partial charge is 0.339 e. The SMILES string of the molecule is Cc1cc(OCc2n[nH]c(C)c2C(=O)O)cc(C)c1Cl. The number of aromatic nitrogens is 2. The summed E-state index contributed by atoms with van der Waals surface area (Å²) in [6, 6.07) is 3.63. The number of benzene rings is 1. The standard InChI is InChI=1S/C14H15ClN2O3/c1-7-4-10(5-8(2)13(7)15)20-6-11-12(14(18)19)9(3)16-17-11/h4-5H,6H2,1-3H3,(H,16,17)(H,18,19). The number of carbonyl (C=O) groups is 1. The van der Waals surface area contributed by atoms with Gasteiger partial charge in [0.15, 0.2) is 0 Å². The van der Waals surface area contributed by atoms with Gasteiger partial charge in [-0.15, -0.1) is 0 Å². The van der Waals surface area contributed by atoms with Crippen molar-refractivity contribution in [3.63, 3.8) is 0 Å². The number of carboxylic acid groups (broad SMARTS) is 1. The molecule has 1 aromatic heterocycles. The minimum Gasteiger partial charge on any atom is -0.487 e. The fourth-order valence-electron chi connectivity index (χ4n) is 2.01. The topological polar surface area (TPSA) is 75.2 Å². The van der Waals surface area contributed by atoms with E-state index in [0.717, 1.165) is 11.1 Å². The third kappa shape index (κ3) is 2.77. The normalized spacial score (nSPS) is 10.6. The van der Waals surface area contributed by atoms with Gasteiger partial charge in [-0.3, -0.25) is 5.10 Å². The summed E-state index contributed by atoms with van der Waals surface area (Å²) >= 11 is 6.09. The highest BCUT2D eigenvalue weighted by Crippen LogP contribution is 2.26. The first-order valence-electron chi connectivity index (χ1n) is 6.06. The number of aromatic amines is 1. The van der Waals surface area contributed by atoms with Crippen LogP contribution in [0.4, 0.5) is 0 Å². The summed E-state index contributed by atoms with van der Waals surface area (Å²) in [6.45, 7) is 5.54. The Morgan fingerprint density at radius 3 is 2.50 bits per heavy atom. The molecule has 0 aliphatic rings. The van der Waals surface area contributed by atoms with Crippen molar-refractivity contribution in [3.8, 4) is 5.75 Å². The lowest BCUT2D eigenvalue weighted by molar-refractivity contribution is 0.0693. The van der Waals surface area contributed by atoms with Gasteiger partial charge in [-0.1, -0.05) is 11.6 Å². The van der Waals surface area contributed by atoms with Crippen molar-refractivity contribution < 1.29 is 14.6 Å². The molecule has 0 aliphatic carbocycles. The number of H-pyrrole nitrogens is 1. The fraction of sp³-hybridized carbons (Fsp3) is 0.286. The number of carboxylic acids is 1. The van der Waals surface area contributed by atoms with E-state index in [1.54, 1.807) is 6.92 Å². The quantitative estimate of drug-likeness (QED) is 0.907. The minimum atomic E-state index is -1.02. The van der Waals surface area contributed by atoms with Gasteiger partial charge in [0.25, 0.3) is 0 Å². The number of aryl methyl sites for hydroxylation is 3. The van der Waals surface area contributed by atoms with Crippen LogP contribution in [0.3, 0.4) is 0 Å². The van der Waals surface area contributed by atoms with Crippen molar-refractivity contribution in [3.05, 3.63) is 45.2 Å². The van der Waals surface area contributed by atoms with Crippen LogP contribution in [0, 0.1) is 20.8 Å². The van der Waals surface area contributed by atoms with Gasteiger partial charge in [0.2, 0.25) is 0 Å². The number of ether oxygens (including phenoxy) is 1. The number of rotatable bonds is 4. The van der Waals surface area contributed by atoms with Gasteiger partial charge in [-0.25, -0.2) is 4.79 Å². The summed E-state index contributed by atoms with van der Waals surface area (Å²) in [7, 11) is 0. The number of nitrogens with one attached hydrogen (secondary N) is 1. The Morgan fingerprint density at radius 1 is 1.35 bits per heavy atom. The van der Waals surface area contributed by atoms with Crippen molar-refractivity contribution >= 4 is 17.6 Å². The molecule has 0 radical (unpaired) electrons. The fourth-order valence-corrected chi connectivity index (χ4v) is 2.12. The number of hydrogen-bond donors (Lipinski definition) is 2. The molecule has 20 heavy (non-hydrogen) atoms. The summed E-state index contributed by atoms with van der Waals surface area (Å²) in [5, 5.41) is 16.4. The van der Waals surface area contributed by atoms with E-state index in [-0.39, 0.29) is 12.2 Å². The van der Waals surface area contributed by atoms with Crippen molar-refractivity contribution in [1.82, 2.24) is 10.2 Å². The highest BCUT2D eigenvalue weighted by Gasteiger charge is 2.17. The molecule has 0 saturated heterocycles. The number of halogens is 1. The Hall–Kier alpha value is -2.01. The van der Waals surface area contributed by atoms with E-state index in [4.69, 9.17) is 21.4 Å². The second-order valence-corrected chi connectivity index (χ2v) is 5.01. The van der Waals surface area contributed by atoms with Gasteiger partial charge in [0.05, 0.1) is 0 Å². The molecule has 2 aromatic rings. The molecule has 1 aromatic carbocycles. The molecule has 0 bridgehead atoms. The van der Waals surface area contributed by atoms with Gasteiger partial charge in [-0.2, -0.15) is 5.10 Å². The van der Waals surface area contributed by atoms with E-state index in [1.165, 1.54) is 0 Å². The predicted octanol–water partition coefficient (Wildman–Crippen LogP) is 3.27. The maximum Gasteiger partial charge on any atom is 0.339 e. The van der Waals surface area contributed by atoms with Crippen LogP contribution in [0.25, 0.3) is 0 Å². The van der Waals surface area contributed by atoms with Gasteiger partial charge in [0.1, 0.15) is 23.6 Å². The Kier molecular flexibility index (Phi) is 3.99. The molecule has 6 heteroatoms. The van der Waals surface area contributed by atoms with Crippen LogP contribution in [0.15, 0.2) is 12.1 Å². The summed E-state index contributed by atoms with van der Waals surface area (Å²) in [4.78, 5) is 11.1. The third-order valence-corrected chi connectivity index (χ3v) is 3.62. The first kappa shape index (κ1) is 14.4. The van der Waals surface area contributed by atoms with Crippen LogP contribution >= 0.6 is 11.6 Å².